The lowest BCUT2D eigenvalue weighted by Crippen LogP contribution is -2.30. The molecular weight excluding hydrogens is 416 g/mol. The normalized spacial score (nSPS) is 30.8. The Morgan fingerprint density at radius 2 is 2.19 bits per heavy atom. The minimum Gasteiger partial charge on any atom is -0.466 e. The second kappa shape index (κ2) is 10.2. The molecule has 1 aliphatic heterocycles. The van der Waals surface area contributed by atoms with Gasteiger partial charge in [-0.3, -0.25) is 24.5 Å². The quantitative estimate of drug-likeness (QED) is 0.222. The predicted octanol–water partition coefficient (Wildman–Crippen LogP) is 2.49. The van der Waals surface area contributed by atoms with Crippen LogP contribution in [0.3, 0.4) is 0 Å². The Kier molecular flexibility index (Phi) is 7.60. The third-order valence-corrected chi connectivity index (χ3v) is 6.50. The lowest BCUT2D eigenvalue weighted by atomic mass is 9.94. The van der Waals surface area contributed by atoms with Crippen molar-refractivity contribution in [3.05, 3.63) is 46.7 Å². The number of ketones is 1. The average Bonchev–Trinajstić information content (AvgIpc) is 3.32. The monoisotopic (exact) mass is 446 g/mol. The van der Waals surface area contributed by atoms with Crippen LogP contribution in [-0.2, 0) is 23.9 Å². The molecule has 0 radical (unpaired) electrons. The minimum atomic E-state index is -0.552. The Morgan fingerprint density at radius 1 is 1.41 bits per heavy atom. The molecule has 5 atom stereocenters. The SMILES string of the molecule is C=C[C@@H]1C[C@]1(CCCC(=O)[C@@H]1C[C@H](OC(=O)C2C=CC([N+](=O)[O-])=CC2)CN1)C(=O)OCC. The van der Waals surface area contributed by atoms with E-state index in [0.717, 1.165) is 6.42 Å². The fraction of sp³-hybridized carbons (Fsp3) is 0.609. The highest BCUT2D eigenvalue weighted by atomic mass is 16.6. The Balaban J connectivity index is 1.41. The first-order chi connectivity index (χ1) is 15.3. The van der Waals surface area contributed by atoms with Crippen molar-refractivity contribution in [1.82, 2.24) is 5.32 Å². The summed E-state index contributed by atoms with van der Waals surface area (Å²) in [6.45, 7) is 6.28. The van der Waals surface area contributed by atoms with Crippen LogP contribution in [0.5, 0.6) is 0 Å². The standard InChI is InChI=1S/C23H30N2O7/c1-3-16-13-23(16,22(28)31-4-2)11-5-6-20(26)19-12-18(14-24-19)32-21(27)15-7-9-17(10-8-15)25(29)30/h3,7,9-10,15-16,18-19,24H,1,4-6,8,11-14H2,2H3/t15?,16-,18+,19+,23+/m1/s1. The zero-order chi connectivity index (χ0) is 23.3. The Morgan fingerprint density at radius 3 is 2.78 bits per heavy atom. The molecular formula is C23H30N2O7. The number of carbonyl (C=O) groups excluding carboxylic acids is 3. The van der Waals surface area contributed by atoms with Gasteiger partial charge in [-0.05, 0) is 44.6 Å². The number of hydrogen-bond acceptors (Lipinski definition) is 8. The zero-order valence-corrected chi connectivity index (χ0v) is 18.3. The summed E-state index contributed by atoms with van der Waals surface area (Å²) < 4.78 is 10.7. The summed E-state index contributed by atoms with van der Waals surface area (Å²) in [7, 11) is 0. The maximum Gasteiger partial charge on any atom is 0.313 e. The lowest BCUT2D eigenvalue weighted by Gasteiger charge is -2.17. The fourth-order valence-corrected chi connectivity index (χ4v) is 4.50. The number of hydrogen-bond donors (Lipinski definition) is 1. The van der Waals surface area contributed by atoms with Gasteiger partial charge in [-0.1, -0.05) is 12.2 Å². The molecule has 1 saturated carbocycles. The molecule has 3 aliphatic rings. The second-order valence-electron chi connectivity index (χ2n) is 8.59. The molecule has 0 bridgehead atoms. The van der Waals surface area contributed by atoms with Crippen LogP contribution < -0.4 is 5.32 Å². The molecule has 1 unspecified atom stereocenters. The Bertz CT molecular complexity index is 849. The maximum atomic E-state index is 12.6. The molecule has 174 valence electrons. The van der Waals surface area contributed by atoms with Crippen molar-refractivity contribution in [1.29, 1.82) is 0 Å². The predicted molar refractivity (Wildman–Crippen MR) is 115 cm³/mol. The van der Waals surface area contributed by atoms with Gasteiger partial charge in [-0.25, -0.2) is 0 Å². The summed E-state index contributed by atoms with van der Waals surface area (Å²) in [6, 6.07) is -0.386. The van der Waals surface area contributed by atoms with Gasteiger partial charge in [0.05, 0.1) is 28.9 Å². The zero-order valence-electron chi connectivity index (χ0n) is 18.3. The summed E-state index contributed by atoms with van der Waals surface area (Å²) in [6.07, 6.45) is 8.43. The van der Waals surface area contributed by atoms with E-state index in [0.29, 0.717) is 38.8 Å². The van der Waals surface area contributed by atoms with Crippen LogP contribution in [0.1, 0.15) is 45.4 Å². The number of nitrogens with zero attached hydrogens (tertiary/aromatic N) is 1. The smallest absolute Gasteiger partial charge is 0.313 e. The number of ether oxygens (including phenoxy) is 2. The van der Waals surface area contributed by atoms with Gasteiger partial charge in [0.25, 0.3) is 5.70 Å². The van der Waals surface area contributed by atoms with Gasteiger partial charge >= 0.3 is 11.9 Å². The van der Waals surface area contributed by atoms with Crippen molar-refractivity contribution >= 4 is 17.7 Å². The fourth-order valence-electron chi connectivity index (χ4n) is 4.50. The summed E-state index contributed by atoms with van der Waals surface area (Å²) in [5.41, 5.74) is -0.562. The first kappa shape index (κ1) is 23.8. The number of Topliss-reactive ketones (excluding diaryl/α,β-unsaturated/α-hetero) is 1. The van der Waals surface area contributed by atoms with Crippen LogP contribution in [-0.4, -0.2) is 47.9 Å². The first-order valence-corrected chi connectivity index (χ1v) is 11.1. The van der Waals surface area contributed by atoms with Crippen LogP contribution >= 0.6 is 0 Å². The maximum absolute atomic E-state index is 12.6. The molecule has 0 aromatic carbocycles. The van der Waals surface area contributed by atoms with E-state index in [-0.39, 0.29) is 35.8 Å². The molecule has 32 heavy (non-hydrogen) atoms. The number of nitro groups is 1. The van der Waals surface area contributed by atoms with Gasteiger partial charge < -0.3 is 14.8 Å². The van der Waals surface area contributed by atoms with Gasteiger partial charge in [-0.15, -0.1) is 6.58 Å². The van der Waals surface area contributed by atoms with Gasteiger partial charge in [0, 0.05) is 25.5 Å². The number of allylic oxidation sites excluding steroid dienone is 3. The summed E-state index contributed by atoms with van der Waals surface area (Å²) in [5, 5.41) is 13.8. The molecule has 0 spiro atoms. The van der Waals surface area contributed by atoms with Gasteiger partial charge in [-0.2, -0.15) is 0 Å². The molecule has 1 saturated heterocycles. The van der Waals surface area contributed by atoms with Gasteiger partial charge in [0.2, 0.25) is 0 Å². The highest BCUT2D eigenvalue weighted by Crippen LogP contribution is 2.57. The lowest BCUT2D eigenvalue weighted by molar-refractivity contribution is -0.419. The topological polar surface area (TPSA) is 125 Å². The summed E-state index contributed by atoms with van der Waals surface area (Å²) in [5.74, 6) is -1.06. The summed E-state index contributed by atoms with van der Waals surface area (Å²) >= 11 is 0. The van der Waals surface area contributed by atoms with Crippen molar-refractivity contribution in [2.24, 2.45) is 17.3 Å². The van der Waals surface area contributed by atoms with Crippen molar-refractivity contribution in [2.75, 3.05) is 13.2 Å². The number of carbonyl (C=O) groups is 3. The number of rotatable bonds is 11. The second-order valence-corrected chi connectivity index (χ2v) is 8.59. The minimum absolute atomic E-state index is 0.0300. The number of esters is 2. The Hall–Kier alpha value is -2.81. The molecule has 0 amide bonds. The van der Waals surface area contributed by atoms with Crippen molar-refractivity contribution < 1.29 is 28.8 Å². The highest BCUT2D eigenvalue weighted by Gasteiger charge is 2.58. The van der Waals surface area contributed by atoms with E-state index in [9.17, 15) is 24.5 Å². The van der Waals surface area contributed by atoms with Crippen LogP contribution in [0.2, 0.25) is 0 Å². The molecule has 0 aromatic heterocycles. The van der Waals surface area contributed by atoms with E-state index in [1.165, 1.54) is 18.2 Å². The van der Waals surface area contributed by atoms with Gasteiger partial charge in [0.1, 0.15) is 11.9 Å². The van der Waals surface area contributed by atoms with E-state index in [4.69, 9.17) is 9.47 Å². The molecule has 1 N–H and O–H groups in total. The van der Waals surface area contributed by atoms with E-state index in [2.05, 4.69) is 11.9 Å². The molecule has 3 rings (SSSR count). The van der Waals surface area contributed by atoms with Crippen LogP contribution in [0.25, 0.3) is 0 Å². The summed E-state index contributed by atoms with van der Waals surface area (Å²) in [4.78, 5) is 47.5. The largest absolute Gasteiger partial charge is 0.466 e. The first-order valence-electron chi connectivity index (χ1n) is 11.1. The van der Waals surface area contributed by atoms with E-state index in [1.54, 1.807) is 13.0 Å². The van der Waals surface area contributed by atoms with E-state index < -0.39 is 28.3 Å². The van der Waals surface area contributed by atoms with Crippen molar-refractivity contribution in [3.8, 4) is 0 Å². The molecule has 2 aliphatic carbocycles. The van der Waals surface area contributed by atoms with E-state index in [1.807, 2.05) is 0 Å². The molecule has 0 aromatic rings. The third-order valence-electron chi connectivity index (χ3n) is 6.50. The molecule has 9 nitrogen and oxygen atoms in total. The van der Waals surface area contributed by atoms with Gasteiger partial charge in [0.15, 0.2) is 0 Å². The van der Waals surface area contributed by atoms with Crippen molar-refractivity contribution in [3.63, 3.8) is 0 Å². The highest BCUT2D eigenvalue weighted by molar-refractivity contribution is 5.85. The van der Waals surface area contributed by atoms with E-state index >= 15 is 0 Å². The number of nitrogens with one attached hydrogen (secondary N) is 1. The molecule has 1 heterocycles. The average molecular weight is 447 g/mol. The van der Waals surface area contributed by atoms with Crippen LogP contribution in [0.15, 0.2) is 36.6 Å². The Labute approximate surface area is 187 Å². The molecule has 2 fully saturated rings. The molecule has 9 heteroatoms. The van der Waals surface area contributed by atoms with Crippen LogP contribution in [0.4, 0.5) is 0 Å². The van der Waals surface area contributed by atoms with Crippen molar-refractivity contribution in [2.45, 2.75) is 57.6 Å². The third kappa shape index (κ3) is 5.32. The van der Waals surface area contributed by atoms with Crippen LogP contribution in [0, 0.1) is 27.4 Å².